The van der Waals surface area contributed by atoms with E-state index in [9.17, 15) is 4.79 Å². The number of rotatable bonds is 3. The number of pyridine rings is 1. The van der Waals surface area contributed by atoms with Crippen molar-refractivity contribution in [3.63, 3.8) is 0 Å². The Bertz CT molecular complexity index is 590. The standard InChI is InChI=1S/C13H12N4O/c1-9-7-12(16-17(9)2)13(18)10(8-14)11-5-3-4-6-15-11/h3-7,10H,1-2H3. The van der Waals surface area contributed by atoms with Crippen molar-refractivity contribution in [2.75, 3.05) is 0 Å². The quantitative estimate of drug-likeness (QED) is 0.764. The van der Waals surface area contributed by atoms with Gasteiger partial charge in [0, 0.05) is 18.9 Å². The first-order valence-electron chi connectivity index (χ1n) is 5.49. The van der Waals surface area contributed by atoms with E-state index in [4.69, 9.17) is 5.26 Å². The zero-order valence-electron chi connectivity index (χ0n) is 10.2. The third kappa shape index (κ3) is 2.13. The zero-order valence-corrected chi connectivity index (χ0v) is 10.2. The van der Waals surface area contributed by atoms with Gasteiger partial charge in [0.05, 0.1) is 11.8 Å². The molecule has 90 valence electrons. The minimum Gasteiger partial charge on any atom is -0.290 e. The maximum atomic E-state index is 12.2. The van der Waals surface area contributed by atoms with Crippen molar-refractivity contribution < 1.29 is 4.79 Å². The van der Waals surface area contributed by atoms with Crippen LogP contribution in [0.5, 0.6) is 0 Å². The smallest absolute Gasteiger partial charge is 0.206 e. The van der Waals surface area contributed by atoms with Gasteiger partial charge in [-0.15, -0.1) is 0 Å². The molecule has 0 N–H and O–H groups in total. The van der Waals surface area contributed by atoms with Gasteiger partial charge in [-0.05, 0) is 25.1 Å². The number of ketones is 1. The number of Topliss-reactive ketones (excluding diaryl/α,β-unsaturated/α-hetero) is 1. The number of hydrogen-bond acceptors (Lipinski definition) is 4. The Hall–Kier alpha value is -2.48. The summed E-state index contributed by atoms with van der Waals surface area (Å²) in [5.41, 5.74) is 1.62. The Balaban J connectivity index is 2.35. The second-order valence-corrected chi connectivity index (χ2v) is 3.98. The van der Waals surface area contributed by atoms with Gasteiger partial charge in [-0.3, -0.25) is 14.5 Å². The Morgan fingerprint density at radius 3 is 2.78 bits per heavy atom. The highest BCUT2D eigenvalue weighted by atomic mass is 16.1. The summed E-state index contributed by atoms with van der Waals surface area (Å²) >= 11 is 0. The molecule has 0 saturated carbocycles. The zero-order chi connectivity index (χ0) is 13.1. The van der Waals surface area contributed by atoms with Crippen LogP contribution in [-0.2, 0) is 7.05 Å². The van der Waals surface area contributed by atoms with Crippen molar-refractivity contribution in [1.29, 1.82) is 5.26 Å². The summed E-state index contributed by atoms with van der Waals surface area (Å²) in [6.07, 6.45) is 1.57. The van der Waals surface area contributed by atoms with Crippen LogP contribution in [0.25, 0.3) is 0 Å². The maximum absolute atomic E-state index is 12.2. The predicted molar refractivity (Wildman–Crippen MR) is 64.9 cm³/mol. The van der Waals surface area contributed by atoms with E-state index < -0.39 is 5.92 Å². The lowest BCUT2D eigenvalue weighted by Crippen LogP contribution is -2.13. The van der Waals surface area contributed by atoms with Crippen molar-refractivity contribution in [2.45, 2.75) is 12.8 Å². The normalized spacial score (nSPS) is 11.8. The number of nitrogens with zero attached hydrogens (tertiary/aromatic N) is 4. The first-order valence-corrected chi connectivity index (χ1v) is 5.49. The van der Waals surface area contributed by atoms with Gasteiger partial charge >= 0.3 is 0 Å². The molecular formula is C13H12N4O. The number of carbonyl (C=O) groups excluding carboxylic acids is 1. The fourth-order valence-corrected chi connectivity index (χ4v) is 1.63. The Morgan fingerprint density at radius 2 is 2.28 bits per heavy atom. The first-order chi connectivity index (χ1) is 8.63. The molecule has 0 bridgehead atoms. The Morgan fingerprint density at radius 1 is 1.50 bits per heavy atom. The summed E-state index contributed by atoms with van der Waals surface area (Å²) < 4.78 is 1.61. The van der Waals surface area contributed by atoms with Crippen LogP contribution in [0.4, 0.5) is 0 Å². The van der Waals surface area contributed by atoms with Crippen molar-refractivity contribution >= 4 is 5.78 Å². The number of carbonyl (C=O) groups is 1. The third-order valence-electron chi connectivity index (χ3n) is 2.74. The van der Waals surface area contributed by atoms with E-state index >= 15 is 0 Å². The van der Waals surface area contributed by atoms with Crippen LogP contribution in [0, 0.1) is 18.3 Å². The summed E-state index contributed by atoms with van der Waals surface area (Å²) in [5, 5.41) is 13.2. The minimum absolute atomic E-state index is 0.298. The van der Waals surface area contributed by atoms with E-state index in [0.29, 0.717) is 11.4 Å². The van der Waals surface area contributed by atoms with E-state index in [1.54, 1.807) is 42.2 Å². The van der Waals surface area contributed by atoms with Crippen LogP contribution >= 0.6 is 0 Å². The van der Waals surface area contributed by atoms with Crippen molar-refractivity contribution in [2.24, 2.45) is 7.05 Å². The van der Waals surface area contributed by atoms with Gasteiger partial charge in [0.25, 0.3) is 0 Å². The molecule has 0 aliphatic heterocycles. The average molecular weight is 240 g/mol. The third-order valence-corrected chi connectivity index (χ3v) is 2.74. The number of aromatic nitrogens is 3. The molecule has 0 aliphatic rings. The van der Waals surface area contributed by atoms with Crippen LogP contribution in [0.3, 0.4) is 0 Å². The monoisotopic (exact) mass is 240 g/mol. The lowest BCUT2D eigenvalue weighted by atomic mass is 9.99. The molecule has 1 unspecified atom stereocenters. The minimum atomic E-state index is -0.902. The average Bonchev–Trinajstić information content (AvgIpc) is 2.72. The van der Waals surface area contributed by atoms with E-state index in [0.717, 1.165) is 5.69 Å². The molecule has 0 aliphatic carbocycles. The van der Waals surface area contributed by atoms with Gasteiger partial charge in [0.2, 0.25) is 5.78 Å². The fraction of sp³-hybridized carbons (Fsp3) is 0.231. The van der Waals surface area contributed by atoms with E-state index in [2.05, 4.69) is 10.1 Å². The van der Waals surface area contributed by atoms with Gasteiger partial charge in [-0.25, -0.2) is 0 Å². The van der Waals surface area contributed by atoms with Gasteiger partial charge in [0.15, 0.2) is 5.92 Å². The lowest BCUT2D eigenvalue weighted by molar-refractivity contribution is 0.0972. The van der Waals surface area contributed by atoms with Gasteiger partial charge < -0.3 is 0 Å². The van der Waals surface area contributed by atoms with E-state index in [1.165, 1.54) is 0 Å². The van der Waals surface area contributed by atoms with Crippen LogP contribution in [-0.4, -0.2) is 20.5 Å². The van der Waals surface area contributed by atoms with Crippen molar-refractivity contribution in [3.8, 4) is 6.07 Å². The number of nitriles is 1. The summed E-state index contributed by atoms with van der Waals surface area (Å²) in [6, 6.07) is 8.83. The lowest BCUT2D eigenvalue weighted by Gasteiger charge is -2.04. The molecule has 0 aromatic carbocycles. The molecule has 1 atom stereocenters. The largest absolute Gasteiger partial charge is 0.290 e. The van der Waals surface area contributed by atoms with E-state index in [-0.39, 0.29) is 5.78 Å². The molecule has 5 heteroatoms. The molecule has 0 amide bonds. The SMILES string of the molecule is Cc1cc(C(=O)C(C#N)c2ccccn2)nn1C. The van der Waals surface area contributed by atoms with Gasteiger partial charge in [-0.2, -0.15) is 10.4 Å². The Labute approximate surface area is 105 Å². The second kappa shape index (κ2) is 4.80. The molecule has 2 rings (SSSR count). The molecule has 0 radical (unpaired) electrons. The molecule has 5 nitrogen and oxygen atoms in total. The topological polar surface area (TPSA) is 71.6 Å². The van der Waals surface area contributed by atoms with Crippen LogP contribution in [0.2, 0.25) is 0 Å². The van der Waals surface area contributed by atoms with Crippen molar-refractivity contribution in [1.82, 2.24) is 14.8 Å². The number of hydrogen-bond donors (Lipinski definition) is 0. The number of aryl methyl sites for hydroxylation is 2. The van der Waals surface area contributed by atoms with E-state index in [1.807, 2.05) is 13.0 Å². The highest BCUT2D eigenvalue weighted by Crippen LogP contribution is 2.18. The first kappa shape index (κ1) is 12.0. The van der Waals surface area contributed by atoms with Gasteiger partial charge in [0.1, 0.15) is 5.69 Å². The summed E-state index contributed by atoms with van der Waals surface area (Å²) in [5.74, 6) is -1.22. The van der Waals surface area contributed by atoms with Crippen molar-refractivity contribution in [3.05, 3.63) is 47.5 Å². The molecular weight excluding hydrogens is 228 g/mol. The molecule has 2 aromatic heterocycles. The second-order valence-electron chi connectivity index (χ2n) is 3.98. The highest BCUT2D eigenvalue weighted by Gasteiger charge is 2.25. The summed E-state index contributed by atoms with van der Waals surface area (Å²) in [6.45, 7) is 1.85. The molecule has 0 spiro atoms. The molecule has 18 heavy (non-hydrogen) atoms. The Kier molecular flexibility index (Phi) is 3.20. The van der Waals surface area contributed by atoms with Crippen LogP contribution < -0.4 is 0 Å². The highest BCUT2D eigenvalue weighted by molar-refractivity contribution is 6.01. The molecule has 2 aromatic rings. The summed E-state index contributed by atoms with van der Waals surface area (Å²) in [4.78, 5) is 16.3. The molecule has 0 saturated heterocycles. The van der Waals surface area contributed by atoms with Crippen LogP contribution in [0.1, 0.15) is 27.8 Å². The summed E-state index contributed by atoms with van der Waals surface area (Å²) in [7, 11) is 1.76. The van der Waals surface area contributed by atoms with Crippen LogP contribution in [0.15, 0.2) is 30.5 Å². The molecule has 2 heterocycles. The molecule has 0 fully saturated rings. The maximum Gasteiger partial charge on any atom is 0.206 e. The fourth-order valence-electron chi connectivity index (χ4n) is 1.63. The predicted octanol–water partition coefficient (Wildman–Crippen LogP) is 1.61. The van der Waals surface area contributed by atoms with Gasteiger partial charge in [-0.1, -0.05) is 6.07 Å².